The third kappa shape index (κ3) is 3.65. The highest BCUT2D eigenvalue weighted by atomic mass is 19.3. The predicted octanol–water partition coefficient (Wildman–Crippen LogP) is 2.68. The maximum atomic E-state index is 14.0. The molecule has 1 amide bonds. The molecule has 6 heteroatoms. The zero-order valence-corrected chi connectivity index (χ0v) is 11.9. The summed E-state index contributed by atoms with van der Waals surface area (Å²) >= 11 is 0. The van der Waals surface area contributed by atoms with Gasteiger partial charge in [0.15, 0.2) is 0 Å². The van der Waals surface area contributed by atoms with E-state index in [0.717, 1.165) is 6.92 Å². The summed E-state index contributed by atoms with van der Waals surface area (Å²) in [5, 5.41) is 2.90. The van der Waals surface area contributed by atoms with Crippen molar-refractivity contribution in [2.75, 3.05) is 0 Å². The van der Waals surface area contributed by atoms with E-state index in [1.807, 2.05) is 0 Å². The minimum absolute atomic E-state index is 0.0432. The number of fused-ring (bicyclic) bond motifs is 3. The Labute approximate surface area is 117 Å². The van der Waals surface area contributed by atoms with Crippen molar-refractivity contribution >= 4 is 5.91 Å². The molecule has 0 aliphatic heterocycles. The Morgan fingerprint density at radius 1 is 1.25 bits per heavy atom. The van der Waals surface area contributed by atoms with Crippen LogP contribution >= 0.6 is 0 Å². The Bertz CT molecular complexity index is 357. The molecule has 3 N–H and O–H groups in total. The van der Waals surface area contributed by atoms with Crippen LogP contribution in [0.3, 0.4) is 0 Å². The van der Waals surface area contributed by atoms with Crippen LogP contribution < -0.4 is 11.1 Å². The molecule has 0 unspecified atom stereocenters. The van der Waals surface area contributed by atoms with Crippen LogP contribution in [0.2, 0.25) is 0 Å². The summed E-state index contributed by atoms with van der Waals surface area (Å²) in [6, 6.07) is -0.922. The van der Waals surface area contributed by atoms with E-state index in [1.165, 1.54) is 0 Å². The normalized spacial score (nSPS) is 34.9. The number of hydrogen-bond donors (Lipinski definition) is 2. The van der Waals surface area contributed by atoms with Gasteiger partial charge in [-0.15, -0.1) is 0 Å². The van der Waals surface area contributed by atoms with E-state index in [2.05, 4.69) is 5.32 Å². The van der Waals surface area contributed by atoms with Crippen molar-refractivity contribution in [3.63, 3.8) is 0 Å². The number of hydrogen-bond acceptors (Lipinski definition) is 2. The van der Waals surface area contributed by atoms with Crippen LogP contribution in [-0.2, 0) is 4.79 Å². The summed E-state index contributed by atoms with van der Waals surface area (Å²) in [6.07, 6.45) is 2.81. The molecule has 3 aliphatic rings. The van der Waals surface area contributed by atoms with Gasteiger partial charge in [-0.05, 0) is 51.9 Å². The van der Waals surface area contributed by atoms with Crippen LogP contribution in [0.5, 0.6) is 0 Å². The van der Waals surface area contributed by atoms with E-state index >= 15 is 0 Å². The van der Waals surface area contributed by atoms with Crippen molar-refractivity contribution < 1.29 is 18.0 Å². The SMILES string of the molecule is CC(F)(F)CC[C@@H](N)C(=O)NC12CCC(F)(CC1)CC2. The van der Waals surface area contributed by atoms with Crippen LogP contribution in [0.4, 0.5) is 13.2 Å². The lowest BCUT2D eigenvalue weighted by Gasteiger charge is -2.50. The van der Waals surface area contributed by atoms with E-state index in [0.29, 0.717) is 38.5 Å². The molecule has 0 aromatic rings. The summed E-state index contributed by atoms with van der Waals surface area (Å²) in [4.78, 5) is 12.0. The molecule has 3 saturated carbocycles. The van der Waals surface area contributed by atoms with Gasteiger partial charge in [0.1, 0.15) is 5.67 Å². The second-order valence-corrected chi connectivity index (χ2v) is 6.64. The van der Waals surface area contributed by atoms with Gasteiger partial charge < -0.3 is 11.1 Å². The molecule has 3 rings (SSSR count). The van der Waals surface area contributed by atoms with Crippen LogP contribution in [0.25, 0.3) is 0 Å². The smallest absolute Gasteiger partial charge is 0.245 e. The standard InChI is InChI=1S/C14H23F3N2O/c1-12(15,16)3-2-10(18)11(20)19-14-7-4-13(17,5-8-14)6-9-14/h10H,2-9,18H2,1H3,(H,19,20)/t10-,13?,14?/m1/s1. The number of carbonyl (C=O) groups is 1. The Balaban J connectivity index is 1.85. The molecule has 2 bridgehead atoms. The van der Waals surface area contributed by atoms with Gasteiger partial charge in [0, 0.05) is 12.0 Å². The van der Waals surface area contributed by atoms with Gasteiger partial charge in [-0.1, -0.05) is 0 Å². The molecule has 1 atom stereocenters. The summed E-state index contributed by atoms with van der Waals surface area (Å²) in [6.45, 7) is 0.819. The van der Waals surface area contributed by atoms with Crippen molar-refractivity contribution in [3.05, 3.63) is 0 Å². The lowest BCUT2D eigenvalue weighted by molar-refractivity contribution is -0.127. The maximum absolute atomic E-state index is 14.0. The molecule has 0 aromatic heterocycles. The number of nitrogens with one attached hydrogen (secondary N) is 1. The maximum Gasteiger partial charge on any atom is 0.245 e. The van der Waals surface area contributed by atoms with E-state index in [-0.39, 0.29) is 17.9 Å². The molecule has 20 heavy (non-hydrogen) atoms. The summed E-state index contributed by atoms with van der Waals surface area (Å²) in [5.74, 6) is -3.19. The molecular formula is C14H23F3N2O. The molecule has 3 aliphatic carbocycles. The van der Waals surface area contributed by atoms with Crippen LogP contribution in [0, 0.1) is 0 Å². The van der Waals surface area contributed by atoms with Crippen LogP contribution in [-0.4, -0.2) is 29.1 Å². The minimum Gasteiger partial charge on any atom is -0.349 e. The summed E-state index contributed by atoms with van der Waals surface area (Å²) < 4.78 is 39.6. The topological polar surface area (TPSA) is 55.1 Å². The number of nitrogens with two attached hydrogens (primary N) is 1. The zero-order valence-electron chi connectivity index (χ0n) is 11.9. The van der Waals surface area contributed by atoms with Gasteiger partial charge in [-0.2, -0.15) is 0 Å². The van der Waals surface area contributed by atoms with E-state index in [1.54, 1.807) is 0 Å². The Morgan fingerprint density at radius 2 is 1.75 bits per heavy atom. The second kappa shape index (κ2) is 5.20. The summed E-state index contributed by atoms with van der Waals surface area (Å²) in [5.41, 5.74) is 4.25. The molecule has 0 saturated heterocycles. The number of amides is 1. The van der Waals surface area contributed by atoms with Crippen molar-refractivity contribution in [1.29, 1.82) is 0 Å². The molecule has 0 aromatic carbocycles. The average molecular weight is 292 g/mol. The minimum atomic E-state index is -2.81. The van der Waals surface area contributed by atoms with Crippen molar-refractivity contribution in [2.24, 2.45) is 5.73 Å². The van der Waals surface area contributed by atoms with Crippen molar-refractivity contribution in [1.82, 2.24) is 5.32 Å². The quantitative estimate of drug-likeness (QED) is 0.818. The highest BCUT2D eigenvalue weighted by molar-refractivity contribution is 5.82. The van der Waals surface area contributed by atoms with Gasteiger partial charge in [-0.3, -0.25) is 4.79 Å². The van der Waals surface area contributed by atoms with Crippen molar-refractivity contribution in [2.45, 2.75) is 81.5 Å². The van der Waals surface area contributed by atoms with Gasteiger partial charge >= 0.3 is 0 Å². The highest BCUT2D eigenvalue weighted by Crippen LogP contribution is 2.48. The number of alkyl halides is 3. The third-order valence-corrected chi connectivity index (χ3v) is 4.77. The average Bonchev–Trinajstić information content (AvgIpc) is 2.37. The molecule has 3 fully saturated rings. The Hall–Kier alpha value is -0.780. The van der Waals surface area contributed by atoms with Crippen molar-refractivity contribution in [3.8, 4) is 0 Å². The fraction of sp³-hybridized carbons (Fsp3) is 0.929. The van der Waals surface area contributed by atoms with Gasteiger partial charge in [0.05, 0.1) is 6.04 Å². The third-order valence-electron chi connectivity index (χ3n) is 4.77. The van der Waals surface area contributed by atoms with Gasteiger partial charge in [-0.25, -0.2) is 13.2 Å². The highest BCUT2D eigenvalue weighted by Gasteiger charge is 2.49. The fourth-order valence-corrected chi connectivity index (χ4v) is 3.22. The summed E-state index contributed by atoms with van der Waals surface area (Å²) in [7, 11) is 0. The zero-order chi connectivity index (χ0) is 15.0. The molecule has 3 nitrogen and oxygen atoms in total. The second-order valence-electron chi connectivity index (χ2n) is 6.64. The van der Waals surface area contributed by atoms with Crippen LogP contribution in [0.1, 0.15) is 58.3 Å². The molecule has 0 spiro atoms. The molecule has 0 heterocycles. The molecule has 116 valence electrons. The first-order chi connectivity index (χ1) is 9.13. The Kier molecular flexibility index (Phi) is 4.06. The predicted molar refractivity (Wildman–Crippen MR) is 70.2 cm³/mol. The first kappa shape index (κ1) is 15.6. The molecule has 0 radical (unpaired) electrons. The monoisotopic (exact) mass is 292 g/mol. The van der Waals surface area contributed by atoms with E-state index in [4.69, 9.17) is 5.73 Å². The first-order valence-electron chi connectivity index (χ1n) is 7.28. The number of halogens is 3. The van der Waals surface area contributed by atoms with Gasteiger partial charge in [0.2, 0.25) is 11.8 Å². The number of rotatable bonds is 5. The number of carbonyl (C=O) groups excluding carboxylic acids is 1. The lowest BCUT2D eigenvalue weighted by Crippen LogP contribution is -2.60. The Morgan fingerprint density at radius 3 is 2.20 bits per heavy atom. The fourth-order valence-electron chi connectivity index (χ4n) is 3.22. The van der Waals surface area contributed by atoms with Crippen LogP contribution in [0.15, 0.2) is 0 Å². The first-order valence-corrected chi connectivity index (χ1v) is 7.28. The lowest BCUT2D eigenvalue weighted by atomic mass is 9.64. The largest absolute Gasteiger partial charge is 0.349 e. The van der Waals surface area contributed by atoms with E-state index < -0.39 is 24.1 Å². The van der Waals surface area contributed by atoms with E-state index in [9.17, 15) is 18.0 Å². The molecular weight excluding hydrogens is 269 g/mol. The van der Waals surface area contributed by atoms with Gasteiger partial charge in [0.25, 0.3) is 0 Å².